The molecular formula is C15H17N5O5. The minimum atomic E-state index is -0.766. The van der Waals surface area contributed by atoms with Crippen molar-refractivity contribution >= 4 is 22.9 Å². The molecule has 0 amide bonds. The zero-order valence-electron chi connectivity index (χ0n) is 14.3. The monoisotopic (exact) mass is 347 g/mol. The molecule has 0 unspecified atom stereocenters. The quantitative estimate of drug-likeness (QED) is 0.576. The first kappa shape index (κ1) is 16.7. The van der Waals surface area contributed by atoms with Gasteiger partial charge in [0, 0.05) is 26.7 Å². The molecule has 0 atom stereocenters. The molecule has 0 saturated heterocycles. The van der Waals surface area contributed by atoms with E-state index in [-0.39, 0.29) is 22.6 Å². The van der Waals surface area contributed by atoms with E-state index in [0.29, 0.717) is 13.0 Å². The Morgan fingerprint density at radius 3 is 2.48 bits per heavy atom. The number of carbonyl (C=O) groups is 1. The van der Waals surface area contributed by atoms with Crippen molar-refractivity contribution < 1.29 is 9.53 Å². The van der Waals surface area contributed by atoms with Crippen LogP contribution in [0, 0.1) is 0 Å². The van der Waals surface area contributed by atoms with Crippen LogP contribution in [-0.4, -0.2) is 36.2 Å². The van der Waals surface area contributed by atoms with Crippen molar-refractivity contribution in [2.24, 2.45) is 14.1 Å². The van der Waals surface area contributed by atoms with Gasteiger partial charge in [0.05, 0.1) is 7.11 Å². The second-order valence-electron chi connectivity index (χ2n) is 5.64. The largest absolute Gasteiger partial charge is 0.464 e. The number of imidazole rings is 1. The maximum absolute atomic E-state index is 12.7. The molecule has 0 aliphatic carbocycles. The fourth-order valence-electron chi connectivity index (χ4n) is 2.96. The van der Waals surface area contributed by atoms with Gasteiger partial charge >= 0.3 is 11.7 Å². The molecule has 10 nitrogen and oxygen atoms in total. The Labute approximate surface area is 140 Å². The van der Waals surface area contributed by atoms with Crippen molar-refractivity contribution in [3.05, 3.63) is 43.0 Å². The van der Waals surface area contributed by atoms with Crippen molar-refractivity contribution in [3.8, 4) is 0 Å². The fraction of sp³-hybridized carbons (Fsp3) is 0.400. The van der Waals surface area contributed by atoms with Crippen LogP contribution in [0.3, 0.4) is 0 Å². The van der Waals surface area contributed by atoms with E-state index in [1.165, 1.54) is 30.2 Å². The molecule has 3 aromatic rings. The SMILES string of the molecule is CCCn1c2c(=O)n(C)c(=O)n(C)c2n2c(C(=O)OC)cc(=O)nc12. The van der Waals surface area contributed by atoms with Gasteiger partial charge in [-0.25, -0.2) is 9.59 Å². The van der Waals surface area contributed by atoms with Crippen LogP contribution in [0.5, 0.6) is 0 Å². The Bertz CT molecular complexity index is 1190. The van der Waals surface area contributed by atoms with Crippen LogP contribution in [0.4, 0.5) is 0 Å². The summed E-state index contributed by atoms with van der Waals surface area (Å²) < 4.78 is 9.82. The smallest absolute Gasteiger partial charge is 0.355 e. The van der Waals surface area contributed by atoms with Gasteiger partial charge in [0.2, 0.25) is 5.78 Å². The molecule has 3 rings (SSSR count). The lowest BCUT2D eigenvalue weighted by molar-refractivity contribution is 0.0592. The summed E-state index contributed by atoms with van der Waals surface area (Å²) >= 11 is 0. The Balaban J connectivity index is 2.76. The van der Waals surface area contributed by atoms with E-state index in [0.717, 1.165) is 10.6 Å². The van der Waals surface area contributed by atoms with E-state index in [9.17, 15) is 19.2 Å². The number of fused-ring (bicyclic) bond motifs is 3. The van der Waals surface area contributed by atoms with Gasteiger partial charge in [0.25, 0.3) is 11.1 Å². The highest BCUT2D eigenvalue weighted by Gasteiger charge is 2.24. The van der Waals surface area contributed by atoms with Gasteiger partial charge in [-0.3, -0.25) is 23.1 Å². The van der Waals surface area contributed by atoms with Gasteiger partial charge in [0.1, 0.15) is 5.69 Å². The third-order valence-corrected chi connectivity index (χ3v) is 4.09. The third-order valence-electron chi connectivity index (χ3n) is 4.09. The summed E-state index contributed by atoms with van der Waals surface area (Å²) in [5.41, 5.74) is -1.44. The van der Waals surface area contributed by atoms with Crippen LogP contribution in [0.2, 0.25) is 0 Å². The highest BCUT2D eigenvalue weighted by atomic mass is 16.5. The van der Waals surface area contributed by atoms with Crippen molar-refractivity contribution in [2.45, 2.75) is 19.9 Å². The van der Waals surface area contributed by atoms with E-state index >= 15 is 0 Å². The molecule has 0 spiro atoms. The summed E-state index contributed by atoms with van der Waals surface area (Å²) in [6, 6.07) is 1.02. The maximum Gasteiger partial charge on any atom is 0.355 e. The topological polar surface area (TPSA) is 110 Å². The predicted molar refractivity (Wildman–Crippen MR) is 89.1 cm³/mol. The lowest BCUT2D eigenvalue weighted by atomic mass is 10.4. The molecule has 25 heavy (non-hydrogen) atoms. The second kappa shape index (κ2) is 5.72. The standard InChI is InChI=1S/C15H17N5O5/c1-5-6-19-10-11(17(2)15(24)18(3)12(10)22)20-8(13(23)25-4)7-9(21)16-14(19)20/h7H,5-6H2,1-4H3. The first-order valence-electron chi connectivity index (χ1n) is 7.63. The predicted octanol–water partition coefficient (Wildman–Crippen LogP) is -0.757. The van der Waals surface area contributed by atoms with E-state index in [4.69, 9.17) is 4.74 Å². The average molecular weight is 347 g/mol. The van der Waals surface area contributed by atoms with Crippen LogP contribution in [0.1, 0.15) is 23.8 Å². The van der Waals surface area contributed by atoms with Crippen molar-refractivity contribution in [3.63, 3.8) is 0 Å². The molecule has 0 N–H and O–H groups in total. The zero-order valence-corrected chi connectivity index (χ0v) is 14.3. The number of carbonyl (C=O) groups excluding carboxylic acids is 1. The van der Waals surface area contributed by atoms with Crippen molar-refractivity contribution in [1.29, 1.82) is 0 Å². The number of hydrogen-bond acceptors (Lipinski definition) is 6. The van der Waals surface area contributed by atoms with E-state index in [1.54, 1.807) is 4.57 Å². The third kappa shape index (κ3) is 2.21. The molecule has 0 aromatic carbocycles. The Hall–Kier alpha value is -3.17. The van der Waals surface area contributed by atoms with Gasteiger partial charge in [-0.2, -0.15) is 4.98 Å². The van der Waals surface area contributed by atoms with E-state index < -0.39 is 22.8 Å². The molecule has 0 saturated carbocycles. The molecule has 3 heterocycles. The lowest BCUT2D eigenvalue weighted by Gasteiger charge is -2.07. The fourth-order valence-corrected chi connectivity index (χ4v) is 2.96. The summed E-state index contributed by atoms with van der Waals surface area (Å²) in [5, 5.41) is 0. The van der Waals surface area contributed by atoms with Crippen molar-refractivity contribution in [1.82, 2.24) is 23.1 Å². The van der Waals surface area contributed by atoms with Crippen LogP contribution in [0.15, 0.2) is 20.4 Å². The van der Waals surface area contributed by atoms with Crippen LogP contribution >= 0.6 is 0 Å². The van der Waals surface area contributed by atoms with Crippen molar-refractivity contribution in [2.75, 3.05) is 7.11 Å². The molecule has 0 radical (unpaired) electrons. The summed E-state index contributed by atoms with van der Waals surface area (Å²) in [7, 11) is 4.04. The van der Waals surface area contributed by atoms with Gasteiger partial charge in [-0.15, -0.1) is 0 Å². The van der Waals surface area contributed by atoms with Crippen LogP contribution in [-0.2, 0) is 25.4 Å². The highest BCUT2D eigenvalue weighted by Crippen LogP contribution is 2.17. The number of ether oxygens (including phenoxy) is 1. The summed E-state index contributed by atoms with van der Waals surface area (Å²) in [6.45, 7) is 2.29. The normalized spacial score (nSPS) is 11.4. The van der Waals surface area contributed by atoms with E-state index in [1.807, 2.05) is 6.92 Å². The summed E-state index contributed by atoms with van der Waals surface area (Å²) in [4.78, 5) is 53.1. The Kier molecular flexibility index (Phi) is 3.82. The second-order valence-corrected chi connectivity index (χ2v) is 5.64. The Morgan fingerprint density at radius 2 is 1.88 bits per heavy atom. The average Bonchev–Trinajstić information content (AvgIpc) is 2.91. The number of aromatic nitrogens is 5. The number of nitrogens with zero attached hydrogens (tertiary/aromatic N) is 5. The number of esters is 1. The molecular weight excluding hydrogens is 330 g/mol. The first-order chi connectivity index (χ1) is 11.8. The minimum Gasteiger partial charge on any atom is -0.464 e. The summed E-state index contributed by atoms with van der Waals surface area (Å²) in [6.07, 6.45) is 0.657. The number of hydrogen-bond donors (Lipinski definition) is 0. The number of rotatable bonds is 3. The molecule has 3 aromatic heterocycles. The first-order valence-corrected chi connectivity index (χ1v) is 7.63. The van der Waals surface area contributed by atoms with Crippen LogP contribution < -0.4 is 16.8 Å². The molecule has 0 aliphatic rings. The molecule has 10 heteroatoms. The Morgan fingerprint density at radius 1 is 1.20 bits per heavy atom. The van der Waals surface area contributed by atoms with Crippen LogP contribution in [0.25, 0.3) is 16.9 Å². The minimum absolute atomic E-state index is 0.0967. The van der Waals surface area contributed by atoms with Gasteiger partial charge in [0.15, 0.2) is 11.2 Å². The molecule has 0 bridgehead atoms. The summed E-state index contributed by atoms with van der Waals surface area (Å²) in [5.74, 6) is -0.652. The maximum atomic E-state index is 12.7. The lowest BCUT2D eigenvalue weighted by Crippen LogP contribution is -2.37. The molecule has 132 valence electrons. The van der Waals surface area contributed by atoms with E-state index in [2.05, 4.69) is 4.98 Å². The van der Waals surface area contributed by atoms with Gasteiger partial charge < -0.3 is 9.30 Å². The number of aryl methyl sites for hydroxylation is 2. The highest BCUT2D eigenvalue weighted by molar-refractivity contribution is 5.91. The van der Waals surface area contributed by atoms with Gasteiger partial charge in [-0.1, -0.05) is 6.92 Å². The molecule has 0 fully saturated rings. The number of methoxy groups -OCH3 is 1. The zero-order chi connectivity index (χ0) is 18.5. The molecule has 0 aliphatic heterocycles. The van der Waals surface area contributed by atoms with Gasteiger partial charge in [-0.05, 0) is 6.42 Å².